The van der Waals surface area contributed by atoms with Crippen LogP contribution in [0.3, 0.4) is 0 Å². The molecule has 0 unspecified atom stereocenters. The van der Waals surface area contributed by atoms with Crippen molar-refractivity contribution in [3.63, 3.8) is 0 Å². The molecule has 0 aromatic heterocycles. The Morgan fingerprint density at radius 2 is 2.00 bits per heavy atom. The van der Waals surface area contributed by atoms with E-state index in [0.29, 0.717) is 22.9 Å². The second kappa shape index (κ2) is 4.49. The van der Waals surface area contributed by atoms with Crippen LogP contribution >= 0.6 is 23.2 Å². The lowest BCUT2D eigenvalue weighted by molar-refractivity contribution is 0.0583. The molecule has 0 saturated heterocycles. The fourth-order valence-corrected chi connectivity index (χ4v) is 1.41. The van der Waals surface area contributed by atoms with E-state index in [9.17, 15) is 5.11 Å². The maximum Gasteiger partial charge on any atom is 0.111 e. The Bertz CT molecular complexity index is 320. The Morgan fingerprint density at radius 1 is 1.36 bits per heavy atom. The molecule has 1 atom stereocenters. The Morgan fingerprint density at radius 3 is 2.50 bits per heavy atom. The molecular weight excluding hydrogens is 221 g/mol. The van der Waals surface area contributed by atoms with E-state index in [-0.39, 0.29) is 0 Å². The van der Waals surface area contributed by atoms with E-state index in [1.807, 2.05) is 6.07 Å². The van der Waals surface area contributed by atoms with Gasteiger partial charge in [-0.2, -0.15) is 0 Å². The molecule has 2 nitrogen and oxygen atoms in total. The maximum absolute atomic E-state index is 9.32. The predicted octanol–water partition coefficient (Wildman–Crippen LogP) is 2.59. The molecule has 0 bridgehead atoms. The van der Waals surface area contributed by atoms with Crippen LogP contribution in [0, 0.1) is 0 Å². The lowest BCUT2D eigenvalue weighted by Gasteiger charge is -2.16. The second-order valence-electron chi connectivity index (χ2n) is 3.61. The lowest BCUT2D eigenvalue weighted by atomic mass is 10.0. The minimum Gasteiger partial charge on any atom is -0.376 e. The molecule has 14 heavy (non-hydrogen) atoms. The molecule has 78 valence electrons. The van der Waals surface area contributed by atoms with Crippen molar-refractivity contribution in [2.45, 2.75) is 25.5 Å². The van der Waals surface area contributed by atoms with Gasteiger partial charge in [-0.25, -0.2) is 0 Å². The molecule has 1 aromatic rings. The third kappa shape index (κ3) is 3.84. The summed E-state index contributed by atoms with van der Waals surface area (Å²) >= 11 is 11.6. The molecule has 3 N–H and O–H groups in total. The summed E-state index contributed by atoms with van der Waals surface area (Å²) in [7, 11) is 0. The van der Waals surface area contributed by atoms with Gasteiger partial charge in [0, 0.05) is 0 Å². The molecule has 0 spiro atoms. The van der Waals surface area contributed by atoms with E-state index in [1.54, 1.807) is 19.1 Å². The number of benzene rings is 1. The first-order valence-electron chi connectivity index (χ1n) is 4.34. The first-order chi connectivity index (χ1) is 6.38. The summed E-state index contributed by atoms with van der Waals surface area (Å²) in [6, 6.07) is 5.40. The van der Waals surface area contributed by atoms with Gasteiger partial charge in [0.1, 0.15) is 5.72 Å². The van der Waals surface area contributed by atoms with E-state index in [4.69, 9.17) is 28.9 Å². The molecule has 0 radical (unpaired) electrons. The molecule has 0 aliphatic heterocycles. The van der Waals surface area contributed by atoms with Crippen molar-refractivity contribution >= 4 is 23.2 Å². The van der Waals surface area contributed by atoms with Gasteiger partial charge in [-0.3, -0.25) is 0 Å². The van der Waals surface area contributed by atoms with Gasteiger partial charge in [0.25, 0.3) is 0 Å². The Kier molecular flexibility index (Phi) is 3.78. The van der Waals surface area contributed by atoms with Gasteiger partial charge >= 0.3 is 0 Å². The topological polar surface area (TPSA) is 46.2 Å². The zero-order chi connectivity index (χ0) is 10.8. The van der Waals surface area contributed by atoms with E-state index in [0.717, 1.165) is 5.56 Å². The fraction of sp³-hybridized carbons (Fsp3) is 0.400. The summed E-state index contributed by atoms with van der Waals surface area (Å²) in [6.07, 6.45) is 1.17. The van der Waals surface area contributed by atoms with Crippen LogP contribution < -0.4 is 5.73 Å². The number of nitrogens with two attached hydrogens (primary N) is 1. The van der Waals surface area contributed by atoms with E-state index >= 15 is 0 Å². The molecule has 0 amide bonds. The van der Waals surface area contributed by atoms with Crippen molar-refractivity contribution in [3.05, 3.63) is 33.8 Å². The molecule has 1 aromatic carbocycles. The largest absolute Gasteiger partial charge is 0.376 e. The van der Waals surface area contributed by atoms with E-state index in [2.05, 4.69) is 0 Å². The normalized spacial score (nSPS) is 15.2. The Labute approximate surface area is 93.6 Å². The monoisotopic (exact) mass is 233 g/mol. The third-order valence-electron chi connectivity index (χ3n) is 1.90. The van der Waals surface area contributed by atoms with Crippen LogP contribution in [-0.4, -0.2) is 10.8 Å². The van der Waals surface area contributed by atoms with Gasteiger partial charge in [0.15, 0.2) is 0 Å². The van der Waals surface area contributed by atoms with Crippen LogP contribution in [0.15, 0.2) is 18.2 Å². The number of aryl methyl sites for hydroxylation is 1. The summed E-state index contributed by atoms with van der Waals surface area (Å²) in [5.74, 6) is 0. The summed E-state index contributed by atoms with van der Waals surface area (Å²) in [4.78, 5) is 0. The van der Waals surface area contributed by atoms with Gasteiger partial charge in [0.2, 0.25) is 0 Å². The minimum atomic E-state index is -1.13. The Hall–Kier alpha value is -0.280. The number of aliphatic hydroxyl groups is 1. The van der Waals surface area contributed by atoms with Gasteiger partial charge in [-0.05, 0) is 37.5 Å². The van der Waals surface area contributed by atoms with Crippen molar-refractivity contribution in [2.24, 2.45) is 5.73 Å². The number of hydrogen-bond donors (Lipinski definition) is 2. The molecular formula is C10H13Cl2NO. The van der Waals surface area contributed by atoms with Crippen molar-refractivity contribution in [3.8, 4) is 0 Å². The van der Waals surface area contributed by atoms with E-state index in [1.165, 1.54) is 0 Å². The van der Waals surface area contributed by atoms with Gasteiger partial charge in [-0.1, -0.05) is 29.3 Å². The highest BCUT2D eigenvalue weighted by atomic mass is 35.5. The van der Waals surface area contributed by atoms with Gasteiger partial charge < -0.3 is 10.8 Å². The van der Waals surface area contributed by atoms with Crippen LogP contribution in [0.5, 0.6) is 0 Å². The quantitative estimate of drug-likeness (QED) is 0.789. The zero-order valence-electron chi connectivity index (χ0n) is 7.93. The predicted molar refractivity (Wildman–Crippen MR) is 59.6 cm³/mol. The van der Waals surface area contributed by atoms with E-state index < -0.39 is 5.72 Å². The van der Waals surface area contributed by atoms with Crippen LogP contribution in [0.1, 0.15) is 18.9 Å². The molecule has 1 rings (SSSR count). The molecule has 0 saturated carbocycles. The zero-order valence-corrected chi connectivity index (χ0v) is 9.44. The average molecular weight is 234 g/mol. The number of hydrogen-bond acceptors (Lipinski definition) is 2. The van der Waals surface area contributed by atoms with Crippen LogP contribution in [-0.2, 0) is 6.42 Å². The first-order valence-corrected chi connectivity index (χ1v) is 5.09. The number of rotatable bonds is 3. The fourth-order valence-electron chi connectivity index (χ4n) is 1.09. The molecule has 0 aliphatic carbocycles. The first kappa shape index (κ1) is 11.8. The standard InChI is InChI=1S/C10H13Cl2NO/c1-10(13,14)5-4-7-2-3-8(11)9(12)6-7/h2-3,6,14H,4-5,13H2,1H3/t10-/m0/s1. The molecule has 0 heterocycles. The lowest BCUT2D eigenvalue weighted by Crippen LogP contribution is -2.35. The summed E-state index contributed by atoms with van der Waals surface area (Å²) in [5, 5.41) is 10.4. The SMILES string of the molecule is C[C@](N)(O)CCc1ccc(Cl)c(Cl)c1. The highest BCUT2D eigenvalue weighted by Gasteiger charge is 2.12. The Balaban J connectivity index is 2.65. The molecule has 0 fully saturated rings. The highest BCUT2D eigenvalue weighted by Crippen LogP contribution is 2.23. The van der Waals surface area contributed by atoms with Gasteiger partial charge in [-0.15, -0.1) is 0 Å². The third-order valence-corrected chi connectivity index (χ3v) is 2.64. The summed E-state index contributed by atoms with van der Waals surface area (Å²) in [5.41, 5.74) is 5.33. The second-order valence-corrected chi connectivity index (χ2v) is 4.42. The van der Waals surface area contributed by atoms with Crippen LogP contribution in [0.2, 0.25) is 10.0 Å². The number of halogens is 2. The van der Waals surface area contributed by atoms with Crippen LogP contribution in [0.4, 0.5) is 0 Å². The summed E-state index contributed by atoms with van der Waals surface area (Å²) in [6.45, 7) is 1.57. The van der Waals surface area contributed by atoms with Gasteiger partial charge in [0.05, 0.1) is 10.0 Å². The summed E-state index contributed by atoms with van der Waals surface area (Å²) < 4.78 is 0. The molecule has 0 aliphatic rings. The van der Waals surface area contributed by atoms with Crippen molar-refractivity contribution in [2.75, 3.05) is 0 Å². The average Bonchev–Trinajstić information content (AvgIpc) is 2.06. The maximum atomic E-state index is 9.32. The minimum absolute atomic E-state index is 0.491. The van der Waals surface area contributed by atoms with Crippen molar-refractivity contribution in [1.82, 2.24) is 0 Å². The van der Waals surface area contributed by atoms with Crippen LogP contribution in [0.25, 0.3) is 0 Å². The van der Waals surface area contributed by atoms with Crippen molar-refractivity contribution < 1.29 is 5.11 Å². The smallest absolute Gasteiger partial charge is 0.111 e. The van der Waals surface area contributed by atoms with Crippen molar-refractivity contribution in [1.29, 1.82) is 0 Å². The highest BCUT2D eigenvalue weighted by molar-refractivity contribution is 6.42. The molecule has 4 heteroatoms.